The monoisotopic (exact) mass is 663 g/mol. The second-order valence-corrected chi connectivity index (χ2v) is 17.7. The zero-order valence-corrected chi connectivity index (χ0v) is 31.8. The van der Waals surface area contributed by atoms with Gasteiger partial charge in [-0.25, -0.2) is 0 Å². The maximum Gasteiger partial charge on any atom is 0.500 e. The molecule has 16 heteroatoms. The predicted molar refractivity (Wildman–Crippen MR) is 179 cm³/mol. The van der Waals surface area contributed by atoms with Crippen molar-refractivity contribution in [3.8, 4) is 0 Å². The number of unbranched alkanes of at least 4 members (excludes halogenated alkanes) is 1. The summed E-state index contributed by atoms with van der Waals surface area (Å²) in [6.07, 6.45) is 5.40. The van der Waals surface area contributed by atoms with Crippen LogP contribution in [0.3, 0.4) is 0 Å². The third kappa shape index (κ3) is 23.5. The molecule has 2 atom stereocenters. The fourth-order valence-electron chi connectivity index (χ4n) is 4.12. The quantitative estimate of drug-likeness (QED) is 0.0489. The number of nitrogens with one attached hydrogen (secondary N) is 1. The first kappa shape index (κ1) is 46.5. The zero-order valence-electron chi connectivity index (χ0n) is 28.4. The van der Waals surface area contributed by atoms with Crippen molar-refractivity contribution in [2.45, 2.75) is 63.1 Å². The molecule has 0 heterocycles. The Labute approximate surface area is 262 Å². The van der Waals surface area contributed by atoms with Crippen LogP contribution in [-0.2, 0) is 36.0 Å². The standard InChI is InChI=1S/C10H25NO3Si.C8H22N2O3Si.C8H22N2O2Si/c1-5-6-8-11-9-7-10-15(12-2,13-3)14-4;1-11-14(12-2,13-3)7-8(6-10)4-5-9;1-11-8(12-2)13-6-7(5-10)3-4-9/h11H,5-10H2,1-4H3;8H,4-7,9-10H2,1-3H3;7-8H,3-6,9-10,13H2,1-2H3. The van der Waals surface area contributed by atoms with Gasteiger partial charge in [-0.1, -0.05) is 19.4 Å². The number of nitrogens with two attached hydrogens (primary N) is 4. The molecular formula is C26H69N5O8Si3. The first-order chi connectivity index (χ1) is 20.2. The average Bonchev–Trinajstić information content (AvgIpc) is 3.04. The Morgan fingerprint density at radius 1 is 0.643 bits per heavy atom. The highest BCUT2D eigenvalue weighted by Crippen LogP contribution is 2.20. The summed E-state index contributed by atoms with van der Waals surface area (Å²) in [5.74, 6) is 0.905. The SMILES string of the molecule is CCCCNCCC[Si](OC)(OC)OC.COC(OC)[SiH2]CC(CN)CCN.CO[Si](CC(CN)CCN)(OC)OC. The van der Waals surface area contributed by atoms with Crippen molar-refractivity contribution in [1.29, 1.82) is 0 Å². The van der Waals surface area contributed by atoms with Crippen LogP contribution in [0.4, 0.5) is 0 Å². The molecule has 0 saturated carbocycles. The van der Waals surface area contributed by atoms with Crippen LogP contribution in [0.25, 0.3) is 0 Å². The van der Waals surface area contributed by atoms with E-state index in [0.29, 0.717) is 24.9 Å². The van der Waals surface area contributed by atoms with Gasteiger partial charge >= 0.3 is 17.6 Å². The van der Waals surface area contributed by atoms with Crippen molar-refractivity contribution in [3.05, 3.63) is 0 Å². The summed E-state index contributed by atoms with van der Waals surface area (Å²) in [7, 11) is 8.02. The fraction of sp³-hybridized carbons (Fsp3) is 1.00. The average molecular weight is 664 g/mol. The molecule has 2 unspecified atom stereocenters. The van der Waals surface area contributed by atoms with Gasteiger partial charge in [0.15, 0.2) is 0 Å². The molecule has 0 aromatic carbocycles. The van der Waals surface area contributed by atoms with Gasteiger partial charge in [0, 0.05) is 69.0 Å². The van der Waals surface area contributed by atoms with Gasteiger partial charge in [-0.2, -0.15) is 0 Å². The van der Waals surface area contributed by atoms with Crippen LogP contribution in [0.15, 0.2) is 0 Å². The Balaban J connectivity index is -0.000000545. The summed E-state index contributed by atoms with van der Waals surface area (Å²) < 4.78 is 42.2. The Morgan fingerprint density at radius 2 is 1.10 bits per heavy atom. The maximum absolute atomic E-state index is 5.63. The van der Waals surface area contributed by atoms with E-state index in [-0.39, 0.29) is 15.4 Å². The van der Waals surface area contributed by atoms with Gasteiger partial charge < -0.3 is 64.3 Å². The normalized spacial score (nSPS) is 13.6. The van der Waals surface area contributed by atoms with Crippen molar-refractivity contribution < 1.29 is 36.0 Å². The minimum atomic E-state index is -2.47. The van der Waals surface area contributed by atoms with E-state index >= 15 is 0 Å². The molecule has 0 saturated heterocycles. The summed E-state index contributed by atoms with van der Waals surface area (Å²) in [4.78, 5) is 0. The molecule has 258 valence electrons. The second kappa shape index (κ2) is 32.5. The molecule has 0 radical (unpaired) electrons. The molecule has 0 amide bonds. The molecule has 0 aromatic heterocycles. The van der Waals surface area contributed by atoms with E-state index in [9.17, 15) is 0 Å². The molecular weight excluding hydrogens is 595 g/mol. The molecule has 0 fully saturated rings. The molecule has 0 rings (SSSR count). The van der Waals surface area contributed by atoms with Crippen LogP contribution >= 0.6 is 0 Å². The van der Waals surface area contributed by atoms with E-state index in [0.717, 1.165) is 63.6 Å². The number of hydrogen-bond acceptors (Lipinski definition) is 13. The van der Waals surface area contributed by atoms with E-state index in [1.54, 1.807) is 56.9 Å². The minimum Gasteiger partial charge on any atom is -0.377 e. The van der Waals surface area contributed by atoms with Crippen molar-refractivity contribution >= 4 is 27.1 Å². The molecule has 0 spiro atoms. The van der Waals surface area contributed by atoms with Crippen LogP contribution in [0.1, 0.15) is 39.0 Å². The Hall–Kier alpha value is 0.131. The maximum atomic E-state index is 5.63. The summed E-state index contributed by atoms with van der Waals surface area (Å²) in [5, 5.41) is 3.39. The van der Waals surface area contributed by atoms with Crippen LogP contribution in [0, 0.1) is 11.8 Å². The molecule has 0 aliphatic heterocycles. The van der Waals surface area contributed by atoms with E-state index in [1.807, 2.05) is 0 Å². The van der Waals surface area contributed by atoms with Gasteiger partial charge in [0.05, 0.1) is 9.52 Å². The van der Waals surface area contributed by atoms with Gasteiger partial charge in [0.1, 0.15) is 5.91 Å². The molecule has 0 aliphatic carbocycles. The molecule has 42 heavy (non-hydrogen) atoms. The molecule has 0 aromatic rings. The lowest BCUT2D eigenvalue weighted by Gasteiger charge is -2.27. The van der Waals surface area contributed by atoms with Gasteiger partial charge in [-0.05, 0) is 76.8 Å². The Kier molecular flexibility index (Phi) is 36.0. The van der Waals surface area contributed by atoms with Gasteiger partial charge in [-0.15, -0.1) is 0 Å². The highest BCUT2D eigenvalue weighted by Gasteiger charge is 2.40. The van der Waals surface area contributed by atoms with E-state index in [1.165, 1.54) is 12.8 Å². The second-order valence-electron chi connectivity index (χ2n) is 9.84. The Bertz CT molecular complexity index is 526. The zero-order chi connectivity index (χ0) is 32.7. The fourth-order valence-corrected chi connectivity index (χ4v) is 9.66. The molecule has 0 aliphatic rings. The third-order valence-electron chi connectivity index (χ3n) is 7.10. The minimum absolute atomic E-state index is 0.0341. The molecule has 13 nitrogen and oxygen atoms in total. The van der Waals surface area contributed by atoms with Crippen LogP contribution in [0.2, 0.25) is 18.1 Å². The topological polar surface area (TPSA) is 190 Å². The summed E-state index contributed by atoms with van der Waals surface area (Å²) in [6.45, 7) is 6.96. The van der Waals surface area contributed by atoms with E-state index in [2.05, 4.69) is 12.2 Å². The third-order valence-corrected chi connectivity index (χ3v) is 15.2. The van der Waals surface area contributed by atoms with Crippen molar-refractivity contribution in [1.82, 2.24) is 5.32 Å². The van der Waals surface area contributed by atoms with Crippen LogP contribution < -0.4 is 28.3 Å². The highest BCUT2D eigenvalue weighted by molar-refractivity contribution is 6.60. The van der Waals surface area contributed by atoms with Crippen molar-refractivity contribution in [3.63, 3.8) is 0 Å². The van der Waals surface area contributed by atoms with Crippen LogP contribution in [0.5, 0.6) is 0 Å². The Morgan fingerprint density at radius 3 is 1.48 bits per heavy atom. The van der Waals surface area contributed by atoms with E-state index < -0.39 is 17.6 Å². The number of ether oxygens (including phenoxy) is 2. The first-order valence-corrected chi connectivity index (χ1v) is 20.8. The smallest absolute Gasteiger partial charge is 0.377 e. The largest absolute Gasteiger partial charge is 0.500 e. The summed E-state index contributed by atoms with van der Waals surface area (Å²) in [5.41, 5.74) is 22.2. The summed E-state index contributed by atoms with van der Waals surface area (Å²) >= 11 is 0. The summed E-state index contributed by atoms with van der Waals surface area (Å²) in [6, 6.07) is 2.75. The lowest BCUT2D eigenvalue weighted by atomic mass is 10.1. The lowest BCUT2D eigenvalue weighted by molar-refractivity contribution is -0.0443. The molecule has 9 N–H and O–H groups in total. The van der Waals surface area contributed by atoms with Gasteiger partial charge in [0.2, 0.25) is 0 Å². The predicted octanol–water partition coefficient (Wildman–Crippen LogP) is 0.506. The van der Waals surface area contributed by atoms with Gasteiger partial charge in [0.25, 0.3) is 0 Å². The first-order valence-electron chi connectivity index (χ1n) is 15.1. The number of hydrogen-bond donors (Lipinski definition) is 5. The van der Waals surface area contributed by atoms with Gasteiger partial charge in [-0.3, -0.25) is 0 Å². The molecule has 0 bridgehead atoms. The van der Waals surface area contributed by atoms with E-state index in [4.69, 9.17) is 59.0 Å². The van der Waals surface area contributed by atoms with Crippen molar-refractivity contribution in [2.24, 2.45) is 34.8 Å². The van der Waals surface area contributed by atoms with Crippen LogP contribution in [-0.4, -0.2) is 129 Å². The van der Waals surface area contributed by atoms with Crippen molar-refractivity contribution in [2.75, 3.05) is 96.1 Å². The number of rotatable bonds is 26. The number of methoxy groups -OCH3 is 2. The highest BCUT2D eigenvalue weighted by atomic mass is 28.4. The lowest BCUT2D eigenvalue weighted by Crippen LogP contribution is -2.45.